The molecule has 72 valence electrons. The van der Waals surface area contributed by atoms with Crippen LogP contribution in [0.1, 0.15) is 19.8 Å². The fourth-order valence-corrected chi connectivity index (χ4v) is 0.711. The van der Waals surface area contributed by atoms with Crippen LogP contribution in [0, 0.1) is 0 Å². The molecule has 0 spiro atoms. The molecule has 0 amide bonds. The molecule has 12 heavy (non-hydrogen) atoms. The largest absolute Gasteiger partial charge is 0.442 e. The maximum absolute atomic E-state index is 5.29. The van der Waals surface area contributed by atoms with E-state index in [4.69, 9.17) is 14.1 Å². The van der Waals surface area contributed by atoms with Crippen molar-refractivity contribution in [2.75, 3.05) is 33.0 Å². The van der Waals surface area contributed by atoms with Crippen LogP contribution in [0.3, 0.4) is 0 Å². The molecule has 0 N–H and O–H groups in total. The SMILES string of the molecule is BOCCOCCOCCCC. The Morgan fingerprint density at radius 3 is 2.08 bits per heavy atom. The van der Waals surface area contributed by atoms with Crippen LogP contribution >= 0.6 is 0 Å². The number of hydrogen-bond donors (Lipinski definition) is 0. The van der Waals surface area contributed by atoms with E-state index in [1.54, 1.807) is 8.05 Å². The van der Waals surface area contributed by atoms with Gasteiger partial charge in [-0.25, -0.2) is 0 Å². The quantitative estimate of drug-likeness (QED) is 0.373. The van der Waals surface area contributed by atoms with E-state index in [9.17, 15) is 0 Å². The van der Waals surface area contributed by atoms with Gasteiger partial charge in [0.15, 0.2) is 0 Å². The molecule has 0 unspecified atom stereocenters. The highest BCUT2D eigenvalue weighted by Crippen LogP contribution is 1.87. The lowest BCUT2D eigenvalue weighted by molar-refractivity contribution is 0.0365. The van der Waals surface area contributed by atoms with E-state index >= 15 is 0 Å². The van der Waals surface area contributed by atoms with Gasteiger partial charge in [0.05, 0.1) is 26.4 Å². The van der Waals surface area contributed by atoms with Crippen LogP contribution in [-0.2, 0) is 14.1 Å². The summed E-state index contributed by atoms with van der Waals surface area (Å²) in [5.41, 5.74) is 0. The lowest BCUT2D eigenvalue weighted by Crippen LogP contribution is -2.08. The highest BCUT2D eigenvalue weighted by Gasteiger charge is 1.88. The van der Waals surface area contributed by atoms with Gasteiger partial charge in [0, 0.05) is 6.61 Å². The molecular formula is C8H19BO3. The Kier molecular flexibility index (Phi) is 10.9. The standard InChI is InChI=1S/C8H19BO3/c1-2-3-4-10-5-6-11-7-8-12-9/h2-9H2,1H3. The second-order valence-corrected chi connectivity index (χ2v) is 2.57. The molecule has 0 heterocycles. The predicted octanol–water partition coefficient (Wildman–Crippen LogP) is 0.384. The summed E-state index contributed by atoms with van der Waals surface area (Å²) < 4.78 is 15.3. The monoisotopic (exact) mass is 174 g/mol. The van der Waals surface area contributed by atoms with Gasteiger partial charge in [-0.15, -0.1) is 0 Å². The van der Waals surface area contributed by atoms with Crippen molar-refractivity contribution in [2.45, 2.75) is 19.8 Å². The van der Waals surface area contributed by atoms with Crippen molar-refractivity contribution in [3.63, 3.8) is 0 Å². The molecule has 0 saturated heterocycles. The molecule has 0 atom stereocenters. The molecule has 0 aliphatic carbocycles. The molecule has 0 aromatic carbocycles. The van der Waals surface area contributed by atoms with Crippen molar-refractivity contribution < 1.29 is 14.1 Å². The highest BCUT2D eigenvalue weighted by molar-refractivity contribution is 5.97. The summed E-state index contributed by atoms with van der Waals surface area (Å²) >= 11 is 0. The van der Waals surface area contributed by atoms with Gasteiger partial charge in [0.1, 0.15) is 0 Å². The summed E-state index contributed by atoms with van der Waals surface area (Å²) in [6, 6.07) is 0. The molecule has 0 aromatic rings. The van der Waals surface area contributed by atoms with Crippen LogP contribution < -0.4 is 0 Å². The van der Waals surface area contributed by atoms with Crippen molar-refractivity contribution in [3.05, 3.63) is 0 Å². The Hall–Kier alpha value is -0.0551. The normalized spacial score (nSPS) is 10.4. The van der Waals surface area contributed by atoms with Crippen LogP contribution in [0.2, 0.25) is 0 Å². The molecule has 0 radical (unpaired) electrons. The molecule has 0 aliphatic heterocycles. The Labute approximate surface area is 75.8 Å². The fraction of sp³-hybridized carbons (Fsp3) is 1.00. The minimum Gasteiger partial charge on any atom is -0.442 e. The Bertz CT molecular complexity index is 70.7. The van der Waals surface area contributed by atoms with Gasteiger partial charge in [0.25, 0.3) is 8.05 Å². The van der Waals surface area contributed by atoms with E-state index in [-0.39, 0.29) is 0 Å². The first-order valence-electron chi connectivity index (χ1n) is 4.56. The van der Waals surface area contributed by atoms with Crippen LogP contribution in [0.15, 0.2) is 0 Å². The lowest BCUT2D eigenvalue weighted by Gasteiger charge is -2.04. The van der Waals surface area contributed by atoms with Gasteiger partial charge in [-0.05, 0) is 6.42 Å². The average Bonchev–Trinajstić information content (AvgIpc) is 2.10. The van der Waals surface area contributed by atoms with Gasteiger partial charge in [-0.2, -0.15) is 0 Å². The van der Waals surface area contributed by atoms with Crippen LogP contribution in [-0.4, -0.2) is 41.1 Å². The number of hydrogen-bond acceptors (Lipinski definition) is 3. The zero-order valence-corrected chi connectivity index (χ0v) is 8.17. The second-order valence-electron chi connectivity index (χ2n) is 2.57. The molecule has 0 rings (SSSR count). The van der Waals surface area contributed by atoms with E-state index in [0.29, 0.717) is 26.4 Å². The topological polar surface area (TPSA) is 27.7 Å². The average molecular weight is 174 g/mol. The summed E-state index contributed by atoms with van der Waals surface area (Å²) in [5, 5.41) is 0. The van der Waals surface area contributed by atoms with E-state index in [1.807, 2.05) is 0 Å². The van der Waals surface area contributed by atoms with Crippen molar-refractivity contribution in [1.82, 2.24) is 0 Å². The third-order valence-corrected chi connectivity index (χ3v) is 1.45. The Morgan fingerprint density at radius 1 is 0.917 bits per heavy atom. The van der Waals surface area contributed by atoms with Crippen molar-refractivity contribution in [3.8, 4) is 0 Å². The maximum atomic E-state index is 5.29. The fourth-order valence-electron chi connectivity index (χ4n) is 0.711. The highest BCUT2D eigenvalue weighted by atomic mass is 16.5. The van der Waals surface area contributed by atoms with E-state index in [2.05, 4.69) is 6.92 Å². The number of unbranched alkanes of at least 4 members (excludes halogenated alkanes) is 1. The first kappa shape index (κ1) is 11.9. The molecule has 0 saturated carbocycles. The van der Waals surface area contributed by atoms with Gasteiger partial charge in [-0.1, -0.05) is 13.3 Å². The molecule has 3 nitrogen and oxygen atoms in total. The lowest BCUT2D eigenvalue weighted by atomic mass is 10.4. The summed E-state index contributed by atoms with van der Waals surface area (Å²) in [6.45, 7) is 5.70. The number of ether oxygens (including phenoxy) is 2. The van der Waals surface area contributed by atoms with Gasteiger partial charge >= 0.3 is 0 Å². The molecule has 0 aromatic heterocycles. The van der Waals surface area contributed by atoms with Crippen LogP contribution in [0.25, 0.3) is 0 Å². The Balaban J connectivity index is 2.73. The van der Waals surface area contributed by atoms with Crippen LogP contribution in [0.4, 0.5) is 0 Å². The van der Waals surface area contributed by atoms with Gasteiger partial charge < -0.3 is 14.1 Å². The smallest absolute Gasteiger partial charge is 0.257 e. The van der Waals surface area contributed by atoms with E-state index in [1.165, 1.54) is 6.42 Å². The minimum absolute atomic E-state index is 0.660. The van der Waals surface area contributed by atoms with Gasteiger partial charge in [-0.3, -0.25) is 0 Å². The molecule has 0 aliphatic rings. The number of rotatable bonds is 9. The summed E-state index contributed by atoms with van der Waals surface area (Å²) in [4.78, 5) is 0. The van der Waals surface area contributed by atoms with E-state index in [0.717, 1.165) is 13.0 Å². The van der Waals surface area contributed by atoms with Gasteiger partial charge in [0.2, 0.25) is 0 Å². The minimum atomic E-state index is 0.660. The zero-order valence-electron chi connectivity index (χ0n) is 8.17. The Morgan fingerprint density at radius 2 is 1.50 bits per heavy atom. The van der Waals surface area contributed by atoms with Crippen molar-refractivity contribution in [2.24, 2.45) is 0 Å². The second kappa shape index (κ2) is 10.9. The maximum Gasteiger partial charge on any atom is 0.257 e. The molecule has 0 bridgehead atoms. The first-order valence-corrected chi connectivity index (χ1v) is 4.56. The molecular weight excluding hydrogens is 155 g/mol. The summed E-state index contributed by atoms with van der Waals surface area (Å²) in [5.74, 6) is 0. The van der Waals surface area contributed by atoms with Crippen molar-refractivity contribution >= 4 is 8.05 Å². The summed E-state index contributed by atoms with van der Waals surface area (Å²) in [6.07, 6.45) is 2.32. The third-order valence-electron chi connectivity index (χ3n) is 1.45. The zero-order chi connectivity index (χ0) is 9.07. The van der Waals surface area contributed by atoms with Crippen LogP contribution in [0.5, 0.6) is 0 Å². The van der Waals surface area contributed by atoms with E-state index < -0.39 is 0 Å². The third kappa shape index (κ3) is 9.94. The summed E-state index contributed by atoms with van der Waals surface area (Å²) in [7, 11) is 1.67. The predicted molar refractivity (Wildman–Crippen MR) is 51.0 cm³/mol. The first-order chi connectivity index (χ1) is 5.91. The molecule has 0 fully saturated rings. The van der Waals surface area contributed by atoms with Crippen molar-refractivity contribution in [1.29, 1.82) is 0 Å². The molecule has 4 heteroatoms.